The third-order valence-electron chi connectivity index (χ3n) is 3.18. The Morgan fingerprint density at radius 3 is 2.80 bits per heavy atom. The number of hydrogen-bond acceptors (Lipinski definition) is 4. The SMILES string of the molecule is CCOC(c1nc(-c2cccc(CN)c2)cs1)C(C)C. The molecule has 2 N–H and O–H groups in total. The molecule has 2 aromatic rings. The Kier molecular flexibility index (Phi) is 5.29. The van der Waals surface area contributed by atoms with Crippen molar-refractivity contribution in [1.82, 2.24) is 4.98 Å². The third-order valence-corrected chi connectivity index (χ3v) is 4.08. The quantitative estimate of drug-likeness (QED) is 0.874. The largest absolute Gasteiger partial charge is 0.371 e. The second-order valence-corrected chi connectivity index (χ2v) is 5.99. The van der Waals surface area contributed by atoms with Gasteiger partial charge in [0.1, 0.15) is 11.1 Å². The summed E-state index contributed by atoms with van der Waals surface area (Å²) < 4.78 is 5.81. The Bertz CT molecular complexity index is 551. The lowest BCUT2D eigenvalue weighted by Crippen LogP contribution is -2.10. The maximum Gasteiger partial charge on any atom is 0.122 e. The van der Waals surface area contributed by atoms with Crippen LogP contribution in [0.5, 0.6) is 0 Å². The first-order valence-electron chi connectivity index (χ1n) is 7.02. The van der Waals surface area contributed by atoms with Gasteiger partial charge < -0.3 is 10.5 Å². The normalized spacial score (nSPS) is 12.8. The fourth-order valence-electron chi connectivity index (χ4n) is 2.14. The van der Waals surface area contributed by atoms with Gasteiger partial charge in [-0.15, -0.1) is 11.3 Å². The number of thiazole rings is 1. The first-order chi connectivity index (χ1) is 9.65. The molecule has 0 saturated heterocycles. The van der Waals surface area contributed by atoms with Gasteiger partial charge in [0.25, 0.3) is 0 Å². The number of benzene rings is 1. The van der Waals surface area contributed by atoms with Gasteiger partial charge in [0.2, 0.25) is 0 Å². The molecule has 0 aliphatic rings. The zero-order chi connectivity index (χ0) is 14.5. The monoisotopic (exact) mass is 290 g/mol. The van der Waals surface area contributed by atoms with Crippen LogP contribution in [0.25, 0.3) is 11.3 Å². The van der Waals surface area contributed by atoms with E-state index in [1.54, 1.807) is 11.3 Å². The number of aromatic nitrogens is 1. The van der Waals surface area contributed by atoms with E-state index < -0.39 is 0 Å². The molecule has 0 aliphatic heterocycles. The summed E-state index contributed by atoms with van der Waals surface area (Å²) in [6, 6.07) is 8.24. The lowest BCUT2D eigenvalue weighted by molar-refractivity contribution is 0.0293. The van der Waals surface area contributed by atoms with Gasteiger partial charge in [-0.3, -0.25) is 0 Å². The van der Waals surface area contributed by atoms with Crippen molar-refractivity contribution in [3.05, 3.63) is 40.2 Å². The van der Waals surface area contributed by atoms with E-state index in [0.29, 0.717) is 19.1 Å². The average molecular weight is 290 g/mol. The Morgan fingerprint density at radius 1 is 1.35 bits per heavy atom. The molecule has 0 spiro atoms. The van der Waals surface area contributed by atoms with Crippen molar-refractivity contribution in [2.24, 2.45) is 11.7 Å². The minimum Gasteiger partial charge on any atom is -0.371 e. The highest BCUT2D eigenvalue weighted by atomic mass is 32.1. The van der Waals surface area contributed by atoms with E-state index in [-0.39, 0.29) is 6.10 Å². The molecule has 20 heavy (non-hydrogen) atoms. The van der Waals surface area contributed by atoms with Gasteiger partial charge in [-0.05, 0) is 24.5 Å². The van der Waals surface area contributed by atoms with Gasteiger partial charge in [-0.2, -0.15) is 0 Å². The molecular weight excluding hydrogens is 268 g/mol. The molecule has 1 aromatic heterocycles. The van der Waals surface area contributed by atoms with Crippen LogP contribution in [0, 0.1) is 5.92 Å². The van der Waals surface area contributed by atoms with Crippen molar-refractivity contribution >= 4 is 11.3 Å². The molecule has 0 aliphatic carbocycles. The van der Waals surface area contributed by atoms with Crippen LogP contribution in [0.15, 0.2) is 29.6 Å². The zero-order valence-corrected chi connectivity index (χ0v) is 13.1. The summed E-state index contributed by atoms with van der Waals surface area (Å²) in [4.78, 5) is 4.75. The molecule has 4 heteroatoms. The van der Waals surface area contributed by atoms with Crippen molar-refractivity contribution in [2.45, 2.75) is 33.4 Å². The summed E-state index contributed by atoms with van der Waals surface area (Å²) in [7, 11) is 0. The highest BCUT2D eigenvalue weighted by Crippen LogP contribution is 2.31. The molecule has 2 rings (SSSR count). The van der Waals surface area contributed by atoms with Crippen LogP contribution >= 0.6 is 11.3 Å². The average Bonchev–Trinajstić information content (AvgIpc) is 2.94. The molecule has 0 amide bonds. The van der Waals surface area contributed by atoms with Crippen molar-refractivity contribution < 1.29 is 4.74 Å². The fraction of sp³-hybridized carbons (Fsp3) is 0.438. The predicted molar refractivity (Wildman–Crippen MR) is 84.6 cm³/mol. The van der Waals surface area contributed by atoms with Crippen LogP contribution < -0.4 is 5.73 Å². The molecule has 1 unspecified atom stereocenters. The molecule has 0 bridgehead atoms. The molecular formula is C16H22N2OS. The lowest BCUT2D eigenvalue weighted by atomic mass is 10.1. The summed E-state index contributed by atoms with van der Waals surface area (Å²) in [5.41, 5.74) is 8.94. The van der Waals surface area contributed by atoms with Gasteiger partial charge in [-0.25, -0.2) is 4.98 Å². The number of nitrogens with zero attached hydrogens (tertiary/aromatic N) is 1. The maximum atomic E-state index is 5.81. The Hall–Kier alpha value is -1.23. The number of rotatable bonds is 6. The van der Waals surface area contributed by atoms with E-state index in [1.807, 2.05) is 19.1 Å². The number of ether oxygens (including phenoxy) is 1. The van der Waals surface area contributed by atoms with Crippen LogP contribution in [-0.4, -0.2) is 11.6 Å². The smallest absolute Gasteiger partial charge is 0.122 e. The highest BCUT2D eigenvalue weighted by Gasteiger charge is 2.20. The first-order valence-corrected chi connectivity index (χ1v) is 7.90. The summed E-state index contributed by atoms with van der Waals surface area (Å²) >= 11 is 1.67. The van der Waals surface area contributed by atoms with Crippen molar-refractivity contribution in [1.29, 1.82) is 0 Å². The van der Waals surface area contributed by atoms with Gasteiger partial charge in [0.15, 0.2) is 0 Å². The van der Waals surface area contributed by atoms with E-state index in [4.69, 9.17) is 15.5 Å². The van der Waals surface area contributed by atoms with E-state index in [9.17, 15) is 0 Å². The van der Waals surface area contributed by atoms with E-state index in [1.165, 1.54) is 0 Å². The molecule has 3 nitrogen and oxygen atoms in total. The Labute approximate surface area is 124 Å². The van der Waals surface area contributed by atoms with E-state index in [0.717, 1.165) is 21.8 Å². The van der Waals surface area contributed by atoms with Crippen molar-refractivity contribution in [3.8, 4) is 11.3 Å². The van der Waals surface area contributed by atoms with Crippen LogP contribution in [0.1, 0.15) is 37.4 Å². The molecule has 1 atom stereocenters. The Balaban J connectivity index is 2.27. The Morgan fingerprint density at radius 2 is 2.15 bits per heavy atom. The predicted octanol–water partition coefficient (Wildman–Crippen LogP) is 4.00. The van der Waals surface area contributed by atoms with Crippen LogP contribution in [-0.2, 0) is 11.3 Å². The maximum absolute atomic E-state index is 5.81. The zero-order valence-electron chi connectivity index (χ0n) is 12.3. The van der Waals surface area contributed by atoms with Gasteiger partial charge in [-0.1, -0.05) is 32.0 Å². The summed E-state index contributed by atoms with van der Waals surface area (Å²) in [6.45, 7) is 7.61. The van der Waals surface area contributed by atoms with Gasteiger partial charge in [0.05, 0.1) is 5.69 Å². The minimum atomic E-state index is 0.0800. The van der Waals surface area contributed by atoms with Crippen molar-refractivity contribution in [3.63, 3.8) is 0 Å². The van der Waals surface area contributed by atoms with Crippen LogP contribution in [0.3, 0.4) is 0 Å². The number of hydrogen-bond donors (Lipinski definition) is 1. The fourth-order valence-corrected chi connectivity index (χ4v) is 3.18. The van der Waals surface area contributed by atoms with Crippen LogP contribution in [0.2, 0.25) is 0 Å². The van der Waals surface area contributed by atoms with E-state index in [2.05, 4.69) is 31.4 Å². The van der Waals surface area contributed by atoms with Gasteiger partial charge >= 0.3 is 0 Å². The molecule has 108 valence electrons. The second-order valence-electron chi connectivity index (χ2n) is 5.10. The molecule has 1 aromatic carbocycles. The molecule has 1 heterocycles. The standard InChI is InChI=1S/C16H22N2OS/c1-4-19-15(11(2)3)16-18-14(10-20-16)13-7-5-6-12(8-13)9-17/h5-8,10-11,15H,4,9,17H2,1-3H3. The lowest BCUT2D eigenvalue weighted by Gasteiger charge is -2.18. The topological polar surface area (TPSA) is 48.1 Å². The highest BCUT2D eigenvalue weighted by molar-refractivity contribution is 7.10. The summed E-state index contributed by atoms with van der Waals surface area (Å²) in [5, 5.41) is 3.15. The summed E-state index contributed by atoms with van der Waals surface area (Å²) in [6.07, 6.45) is 0.0800. The number of nitrogens with two attached hydrogens (primary N) is 1. The minimum absolute atomic E-state index is 0.0800. The molecule has 0 radical (unpaired) electrons. The first kappa shape index (κ1) is 15.2. The second kappa shape index (κ2) is 6.97. The third kappa shape index (κ3) is 3.45. The molecule has 0 saturated carbocycles. The summed E-state index contributed by atoms with van der Waals surface area (Å²) in [5.74, 6) is 0.421. The molecule has 0 fully saturated rings. The van der Waals surface area contributed by atoms with Crippen molar-refractivity contribution in [2.75, 3.05) is 6.61 Å². The van der Waals surface area contributed by atoms with Crippen LogP contribution in [0.4, 0.5) is 0 Å². The van der Waals surface area contributed by atoms with Gasteiger partial charge in [0, 0.05) is 24.1 Å². The van der Waals surface area contributed by atoms with E-state index >= 15 is 0 Å².